The van der Waals surface area contributed by atoms with Gasteiger partial charge >= 0.3 is 0 Å². The highest BCUT2D eigenvalue weighted by atomic mass is 19.1. The van der Waals surface area contributed by atoms with Crippen molar-refractivity contribution in [3.63, 3.8) is 0 Å². The van der Waals surface area contributed by atoms with Gasteiger partial charge in [0.15, 0.2) is 0 Å². The van der Waals surface area contributed by atoms with Gasteiger partial charge in [0.25, 0.3) is 0 Å². The molecule has 1 aromatic rings. The van der Waals surface area contributed by atoms with Crippen LogP contribution in [0.5, 0.6) is 0 Å². The van der Waals surface area contributed by atoms with Crippen LogP contribution in [0.4, 0.5) is 14.5 Å². The minimum Gasteiger partial charge on any atom is -0.383 e. The molecule has 0 bridgehead atoms. The molecule has 0 fully saturated rings. The van der Waals surface area contributed by atoms with Gasteiger partial charge in [-0.05, 0) is 6.07 Å². The van der Waals surface area contributed by atoms with Gasteiger partial charge in [-0.15, -0.1) is 0 Å². The molecule has 0 aliphatic heterocycles. The minimum absolute atomic E-state index is 0.0467. The van der Waals surface area contributed by atoms with Crippen LogP contribution in [-0.2, 0) is 11.3 Å². The van der Waals surface area contributed by atoms with E-state index >= 15 is 0 Å². The second-order valence-corrected chi connectivity index (χ2v) is 3.05. The molecule has 0 aliphatic rings. The predicted molar refractivity (Wildman–Crippen MR) is 54.6 cm³/mol. The number of methoxy groups -OCH3 is 1. The lowest BCUT2D eigenvalue weighted by Gasteiger charge is -2.09. The van der Waals surface area contributed by atoms with E-state index in [2.05, 4.69) is 5.32 Å². The fourth-order valence-corrected chi connectivity index (χ4v) is 1.17. The minimum atomic E-state index is -0.624. The number of hydrogen-bond acceptors (Lipinski definition) is 3. The van der Waals surface area contributed by atoms with Crippen molar-refractivity contribution >= 4 is 5.69 Å². The first-order chi connectivity index (χ1) is 7.19. The van der Waals surface area contributed by atoms with E-state index in [0.717, 1.165) is 6.07 Å². The van der Waals surface area contributed by atoms with Crippen molar-refractivity contribution in [2.45, 2.75) is 6.54 Å². The smallest absolute Gasteiger partial charge is 0.149 e. The lowest BCUT2D eigenvalue weighted by atomic mass is 10.2. The summed E-state index contributed by atoms with van der Waals surface area (Å²) in [5.74, 6) is -1.24. The van der Waals surface area contributed by atoms with Gasteiger partial charge in [0.05, 0.1) is 12.3 Å². The van der Waals surface area contributed by atoms with E-state index in [4.69, 9.17) is 10.5 Å². The Labute approximate surface area is 87.2 Å². The summed E-state index contributed by atoms with van der Waals surface area (Å²) in [4.78, 5) is 0. The second kappa shape index (κ2) is 5.63. The molecular weight excluding hydrogens is 202 g/mol. The third-order valence-corrected chi connectivity index (χ3v) is 1.98. The summed E-state index contributed by atoms with van der Waals surface area (Å²) in [6.07, 6.45) is 0. The Morgan fingerprint density at radius 1 is 1.33 bits per heavy atom. The number of halogens is 2. The molecule has 0 radical (unpaired) electrons. The van der Waals surface area contributed by atoms with Crippen LogP contribution < -0.4 is 11.1 Å². The van der Waals surface area contributed by atoms with Crippen molar-refractivity contribution in [3.05, 3.63) is 29.3 Å². The zero-order chi connectivity index (χ0) is 11.3. The number of ether oxygens (including phenoxy) is 1. The summed E-state index contributed by atoms with van der Waals surface area (Å²) >= 11 is 0. The van der Waals surface area contributed by atoms with Crippen LogP contribution in [-0.4, -0.2) is 20.3 Å². The van der Waals surface area contributed by atoms with Crippen LogP contribution in [0.1, 0.15) is 5.56 Å². The molecule has 3 N–H and O–H groups in total. The maximum atomic E-state index is 13.2. The number of nitrogens with two attached hydrogens (primary N) is 1. The average molecular weight is 216 g/mol. The van der Waals surface area contributed by atoms with E-state index < -0.39 is 11.6 Å². The van der Waals surface area contributed by atoms with Gasteiger partial charge in [0.2, 0.25) is 0 Å². The quantitative estimate of drug-likeness (QED) is 0.733. The molecule has 0 amide bonds. The van der Waals surface area contributed by atoms with Gasteiger partial charge in [-0.2, -0.15) is 0 Å². The van der Waals surface area contributed by atoms with E-state index in [0.29, 0.717) is 13.2 Å². The van der Waals surface area contributed by atoms with E-state index in [-0.39, 0.29) is 17.8 Å². The molecule has 0 aliphatic carbocycles. The highest BCUT2D eigenvalue weighted by molar-refractivity contribution is 5.47. The van der Waals surface area contributed by atoms with E-state index in [9.17, 15) is 8.78 Å². The van der Waals surface area contributed by atoms with Crippen LogP contribution in [0.2, 0.25) is 0 Å². The first-order valence-corrected chi connectivity index (χ1v) is 4.59. The highest BCUT2D eigenvalue weighted by Gasteiger charge is 2.08. The molecule has 15 heavy (non-hydrogen) atoms. The lowest BCUT2D eigenvalue weighted by molar-refractivity contribution is 0.210. The van der Waals surface area contributed by atoms with Crippen molar-refractivity contribution < 1.29 is 13.5 Å². The number of anilines is 1. The maximum Gasteiger partial charge on any atom is 0.149 e. The van der Waals surface area contributed by atoms with Crippen molar-refractivity contribution in [1.29, 1.82) is 0 Å². The van der Waals surface area contributed by atoms with Gasteiger partial charge in [-0.3, -0.25) is 0 Å². The van der Waals surface area contributed by atoms with E-state index in [1.165, 1.54) is 6.07 Å². The molecule has 1 aromatic carbocycles. The average Bonchev–Trinajstić information content (AvgIpc) is 2.21. The van der Waals surface area contributed by atoms with E-state index in [1.54, 1.807) is 7.11 Å². The van der Waals surface area contributed by atoms with Crippen LogP contribution in [0, 0.1) is 11.6 Å². The molecule has 84 valence electrons. The van der Waals surface area contributed by atoms with Gasteiger partial charge in [0.1, 0.15) is 11.6 Å². The largest absolute Gasteiger partial charge is 0.383 e. The summed E-state index contributed by atoms with van der Waals surface area (Å²) in [7, 11) is 1.55. The molecule has 0 aromatic heterocycles. The zero-order valence-corrected chi connectivity index (χ0v) is 8.52. The molecule has 0 spiro atoms. The molecule has 1 rings (SSSR count). The molecule has 3 nitrogen and oxygen atoms in total. The summed E-state index contributed by atoms with van der Waals surface area (Å²) in [5.41, 5.74) is 5.84. The van der Waals surface area contributed by atoms with Crippen LogP contribution in [0.25, 0.3) is 0 Å². The summed E-state index contributed by atoms with van der Waals surface area (Å²) in [6.45, 7) is 0.961. The topological polar surface area (TPSA) is 47.3 Å². The maximum absolute atomic E-state index is 13.2. The molecule has 0 saturated heterocycles. The Balaban J connectivity index is 2.78. The predicted octanol–water partition coefficient (Wildman–Crippen LogP) is 1.48. The Morgan fingerprint density at radius 3 is 2.67 bits per heavy atom. The van der Waals surface area contributed by atoms with Gasteiger partial charge in [-0.25, -0.2) is 8.78 Å². The Kier molecular flexibility index (Phi) is 4.45. The van der Waals surface area contributed by atoms with Crippen molar-refractivity contribution in [1.82, 2.24) is 0 Å². The first-order valence-electron chi connectivity index (χ1n) is 4.59. The molecule has 0 unspecified atom stereocenters. The number of nitrogens with one attached hydrogen (secondary N) is 1. The Bertz CT molecular complexity index is 331. The number of hydrogen-bond donors (Lipinski definition) is 2. The second-order valence-electron chi connectivity index (χ2n) is 3.05. The SMILES string of the molecule is COCCNc1cc(CN)c(F)cc1F. The van der Waals surface area contributed by atoms with Crippen LogP contribution >= 0.6 is 0 Å². The number of benzene rings is 1. The third-order valence-electron chi connectivity index (χ3n) is 1.98. The standard InChI is InChI=1S/C10H14F2N2O/c1-15-3-2-14-10-4-7(6-13)8(11)5-9(10)12/h4-5,14H,2-3,6,13H2,1H3. The van der Waals surface area contributed by atoms with Crippen molar-refractivity contribution in [2.75, 3.05) is 25.6 Å². The zero-order valence-electron chi connectivity index (χ0n) is 8.52. The van der Waals surface area contributed by atoms with Gasteiger partial charge < -0.3 is 15.8 Å². The molecule has 0 saturated carbocycles. The summed E-state index contributed by atoms with van der Waals surface area (Å²) < 4.78 is 31.1. The summed E-state index contributed by atoms with van der Waals surface area (Å²) in [6, 6.07) is 2.21. The van der Waals surface area contributed by atoms with Crippen molar-refractivity contribution in [3.8, 4) is 0 Å². The monoisotopic (exact) mass is 216 g/mol. The fourth-order valence-electron chi connectivity index (χ4n) is 1.17. The molecule has 5 heteroatoms. The first kappa shape index (κ1) is 11.9. The third kappa shape index (κ3) is 3.14. The van der Waals surface area contributed by atoms with Crippen LogP contribution in [0.3, 0.4) is 0 Å². The molecule has 0 heterocycles. The fraction of sp³-hybridized carbons (Fsp3) is 0.400. The Morgan fingerprint density at radius 2 is 2.07 bits per heavy atom. The number of rotatable bonds is 5. The van der Waals surface area contributed by atoms with Crippen molar-refractivity contribution in [2.24, 2.45) is 5.73 Å². The van der Waals surface area contributed by atoms with Gasteiger partial charge in [-0.1, -0.05) is 0 Å². The lowest BCUT2D eigenvalue weighted by Crippen LogP contribution is -2.10. The Hall–Kier alpha value is -1.20. The van der Waals surface area contributed by atoms with Crippen LogP contribution in [0.15, 0.2) is 12.1 Å². The normalized spacial score (nSPS) is 10.4. The van der Waals surface area contributed by atoms with Gasteiger partial charge in [0, 0.05) is 31.8 Å². The highest BCUT2D eigenvalue weighted by Crippen LogP contribution is 2.18. The summed E-state index contributed by atoms with van der Waals surface area (Å²) in [5, 5.41) is 2.79. The molecular formula is C10H14F2N2O. The van der Waals surface area contributed by atoms with E-state index in [1.807, 2.05) is 0 Å². The molecule has 0 atom stereocenters.